The SMILES string of the molecule is CCOC(=O)CN1C(=O)S/C(=C\c2ccc(OC=O)cc2)C1=O. The van der Waals surface area contributed by atoms with Crippen LogP contribution in [-0.4, -0.2) is 41.6 Å². The van der Waals surface area contributed by atoms with Gasteiger partial charge in [0, 0.05) is 0 Å². The molecule has 8 heteroatoms. The molecule has 2 amide bonds. The van der Waals surface area contributed by atoms with Crippen molar-refractivity contribution in [1.29, 1.82) is 0 Å². The van der Waals surface area contributed by atoms with E-state index in [1.54, 1.807) is 31.2 Å². The van der Waals surface area contributed by atoms with Crippen LogP contribution in [0, 0.1) is 0 Å². The minimum absolute atomic E-state index is 0.181. The molecule has 0 unspecified atom stereocenters. The number of carbonyl (C=O) groups is 4. The Morgan fingerprint density at radius 3 is 2.57 bits per heavy atom. The van der Waals surface area contributed by atoms with E-state index in [0.29, 0.717) is 17.8 Å². The van der Waals surface area contributed by atoms with Crippen molar-refractivity contribution in [1.82, 2.24) is 4.90 Å². The number of rotatable bonds is 6. The zero-order valence-corrected chi connectivity index (χ0v) is 13.0. The molecule has 0 aromatic heterocycles. The maximum atomic E-state index is 12.2. The van der Waals surface area contributed by atoms with Crippen molar-refractivity contribution in [2.24, 2.45) is 0 Å². The van der Waals surface area contributed by atoms with Gasteiger partial charge >= 0.3 is 5.97 Å². The number of nitrogens with zero attached hydrogens (tertiary/aromatic N) is 1. The molecule has 1 aromatic rings. The number of ether oxygens (including phenoxy) is 2. The maximum absolute atomic E-state index is 12.2. The maximum Gasteiger partial charge on any atom is 0.326 e. The predicted molar refractivity (Wildman–Crippen MR) is 82.4 cm³/mol. The molecule has 0 saturated carbocycles. The lowest BCUT2D eigenvalue weighted by atomic mass is 10.2. The lowest BCUT2D eigenvalue weighted by molar-refractivity contribution is -0.146. The van der Waals surface area contributed by atoms with E-state index in [4.69, 9.17) is 4.74 Å². The first kappa shape index (κ1) is 16.8. The monoisotopic (exact) mass is 335 g/mol. The van der Waals surface area contributed by atoms with E-state index in [1.165, 1.54) is 6.08 Å². The molecule has 120 valence electrons. The summed E-state index contributed by atoms with van der Waals surface area (Å²) < 4.78 is 9.40. The smallest absolute Gasteiger partial charge is 0.326 e. The van der Waals surface area contributed by atoms with Crippen LogP contribution in [-0.2, 0) is 19.1 Å². The molecule has 0 radical (unpaired) electrons. The highest BCUT2D eigenvalue weighted by Crippen LogP contribution is 2.32. The van der Waals surface area contributed by atoms with Gasteiger partial charge in [0.15, 0.2) is 0 Å². The average molecular weight is 335 g/mol. The molecule has 2 rings (SSSR count). The Bertz CT molecular complexity index is 667. The number of hydrogen-bond donors (Lipinski definition) is 0. The number of amides is 2. The summed E-state index contributed by atoms with van der Waals surface area (Å²) in [6, 6.07) is 6.39. The minimum atomic E-state index is -0.633. The molecule has 1 aliphatic rings. The number of esters is 1. The van der Waals surface area contributed by atoms with Gasteiger partial charge in [-0.3, -0.25) is 24.1 Å². The van der Waals surface area contributed by atoms with E-state index >= 15 is 0 Å². The summed E-state index contributed by atoms with van der Waals surface area (Å²) in [5, 5.41) is -0.518. The van der Waals surface area contributed by atoms with Crippen molar-refractivity contribution < 1.29 is 28.7 Å². The standard InChI is InChI=1S/C15H13NO6S/c1-2-21-13(18)8-16-14(19)12(23-15(16)20)7-10-3-5-11(6-4-10)22-9-17/h3-7,9H,2,8H2,1H3/b12-7-. The summed E-state index contributed by atoms with van der Waals surface area (Å²) in [6.45, 7) is 1.74. The Labute approximate surface area is 136 Å². The molecule has 1 saturated heterocycles. The molecule has 1 heterocycles. The van der Waals surface area contributed by atoms with Gasteiger partial charge in [-0.05, 0) is 42.5 Å². The van der Waals surface area contributed by atoms with E-state index in [0.717, 1.165) is 16.7 Å². The highest BCUT2D eigenvalue weighted by atomic mass is 32.2. The first-order valence-electron chi connectivity index (χ1n) is 6.66. The van der Waals surface area contributed by atoms with Gasteiger partial charge < -0.3 is 9.47 Å². The molecule has 0 spiro atoms. The van der Waals surface area contributed by atoms with Crippen LogP contribution >= 0.6 is 11.8 Å². The lowest BCUT2D eigenvalue weighted by Crippen LogP contribution is -2.34. The molecule has 1 aromatic carbocycles. The highest BCUT2D eigenvalue weighted by Gasteiger charge is 2.36. The fourth-order valence-corrected chi connectivity index (χ4v) is 2.66. The second-order valence-electron chi connectivity index (χ2n) is 4.36. The van der Waals surface area contributed by atoms with Crippen molar-refractivity contribution >= 4 is 41.4 Å². The topological polar surface area (TPSA) is 90.0 Å². The van der Waals surface area contributed by atoms with Crippen molar-refractivity contribution in [2.75, 3.05) is 13.2 Å². The fourth-order valence-electron chi connectivity index (χ4n) is 1.82. The van der Waals surface area contributed by atoms with Crippen LogP contribution in [0.3, 0.4) is 0 Å². The van der Waals surface area contributed by atoms with Gasteiger partial charge in [-0.15, -0.1) is 0 Å². The minimum Gasteiger partial charge on any atom is -0.465 e. The fraction of sp³-hybridized carbons (Fsp3) is 0.200. The van der Waals surface area contributed by atoms with E-state index < -0.39 is 23.7 Å². The Morgan fingerprint density at radius 1 is 1.26 bits per heavy atom. The molecular formula is C15H13NO6S. The number of benzene rings is 1. The van der Waals surface area contributed by atoms with Crippen LogP contribution in [0.15, 0.2) is 29.2 Å². The molecule has 7 nitrogen and oxygen atoms in total. The van der Waals surface area contributed by atoms with E-state index in [1.807, 2.05) is 0 Å². The Balaban J connectivity index is 2.11. The second-order valence-corrected chi connectivity index (χ2v) is 5.35. The molecule has 0 bridgehead atoms. The van der Waals surface area contributed by atoms with Crippen LogP contribution < -0.4 is 4.74 Å². The second kappa shape index (κ2) is 7.59. The molecule has 1 aliphatic heterocycles. The largest absolute Gasteiger partial charge is 0.465 e. The summed E-state index contributed by atoms with van der Waals surface area (Å²) in [7, 11) is 0. The normalized spacial score (nSPS) is 15.9. The quantitative estimate of drug-likeness (QED) is 0.445. The highest BCUT2D eigenvalue weighted by molar-refractivity contribution is 8.18. The van der Waals surface area contributed by atoms with Gasteiger partial charge in [0.2, 0.25) is 0 Å². The first-order valence-corrected chi connectivity index (χ1v) is 7.48. The first-order chi connectivity index (χ1) is 11.0. The van der Waals surface area contributed by atoms with Gasteiger partial charge in [0.05, 0.1) is 11.5 Å². The van der Waals surface area contributed by atoms with Gasteiger partial charge in [0.1, 0.15) is 12.3 Å². The Hall–Kier alpha value is -2.61. The van der Waals surface area contributed by atoms with Crippen molar-refractivity contribution in [3.63, 3.8) is 0 Å². The van der Waals surface area contributed by atoms with Gasteiger partial charge in [-0.1, -0.05) is 12.1 Å². The van der Waals surface area contributed by atoms with Crippen LogP contribution in [0.25, 0.3) is 6.08 Å². The summed E-state index contributed by atoms with van der Waals surface area (Å²) in [5.41, 5.74) is 0.657. The number of imide groups is 1. The third-order valence-corrected chi connectivity index (χ3v) is 3.74. The zero-order chi connectivity index (χ0) is 16.8. The van der Waals surface area contributed by atoms with Gasteiger partial charge in [-0.2, -0.15) is 0 Å². The summed E-state index contributed by atoms with van der Waals surface area (Å²) in [5.74, 6) is -0.805. The number of carbonyl (C=O) groups excluding carboxylic acids is 4. The van der Waals surface area contributed by atoms with Crippen LogP contribution in [0.4, 0.5) is 4.79 Å². The van der Waals surface area contributed by atoms with Gasteiger partial charge in [-0.25, -0.2) is 0 Å². The third-order valence-electron chi connectivity index (χ3n) is 2.83. The van der Waals surface area contributed by atoms with Crippen molar-refractivity contribution in [3.8, 4) is 5.75 Å². The molecule has 0 aliphatic carbocycles. The van der Waals surface area contributed by atoms with E-state index in [2.05, 4.69) is 4.74 Å². The number of thioether (sulfide) groups is 1. The lowest BCUT2D eigenvalue weighted by Gasteiger charge is -2.10. The van der Waals surface area contributed by atoms with Gasteiger partial charge in [0.25, 0.3) is 17.6 Å². The van der Waals surface area contributed by atoms with Crippen LogP contribution in [0.2, 0.25) is 0 Å². The average Bonchev–Trinajstić information content (AvgIpc) is 2.77. The molecule has 23 heavy (non-hydrogen) atoms. The summed E-state index contributed by atoms with van der Waals surface area (Å²) >= 11 is 0.755. The molecule has 0 atom stereocenters. The van der Waals surface area contributed by atoms with E-state index in [9.17, 15) is 19.2 Å². The third kappa shape index (κ3) is 4.19. The predicted octanol–water partition coefficient (Wildman–Crippen LogP) is 1.82. The molecule has 0 N–H and O–H groups in total. The summed E-state index contributed by atoms with van der Waals surface area (Å²) in [6.07, 6.45) is 1.53. The van der Waals surface area contributed by atoms with Crippen molar-refractivity contribution in [3.05, 3.63) is 34.7 Å². The Kier molecular flexibility index (Phi) is 5.53. The summed E-state index contributed by atoms with van der Waals surface area (Å²) in [4.78, 5) is 46.7. The zero-order valence-electron chi connectivity index (χ0n) is 12.2. The van der Waals surface area contributed by atoms with Crippen LogP contribution in [0.1, 0.15) is 12.5 Å². The van der Waals surface area contributed by atoms with E-state index in [-0.39, 0.29) is 11.5 Å². The van der Waals surface area contributed by atoms with Crippen LogP contribution in [0.5, 0.6) is 5.75 Å². The molecule has 1 fully saturated rings. The molecular weight excluding hydrogens is 322 g/mol. The van der Waals surface area contributed by atoms with Crippen molar-refractivity contribution in [2.45, 2.75) is 6.92 Å². The number of hydrogen-bond acceptors (Lipinski definition) is 7. The Morgan fingerprint density at radius 2 is 1.96 bits per heavy atom.